The summed E-state index contributed by atoms with van der Waals surface area (Å²) < 4.78 is 0. The van der Waals surface area contributed by atoms with Gasteiger partial charge in [0.05, 0.1) is 0 Å². The standard InChI is InChI=1S/C11H11N3.CH3NO2/c12-5-9-2-1-3-10(4-9)11-6-13-8-14-7-11;2-1(3)4/h1-4,6-8H,5,12H2;2H2,(H,3,4). The molecule has 94 valence electrons. The normalized spacial score (nSPS) is 9.17. The second-order valence-electron chi connectivity index (χ2n) is 3.37. The van der Waals surface area contributed by atoms with E-state index in [1.54, 1.807) is 12.4 Å². The van der Waals surface area contributed by atoms with E-state index >= 15 is 0 Å². The molecule has 1 amide bonds. The minimum absolute atomic E-state index is 0.557. The number of hydrogen-bond donors (Lipinski definition) is 3. The van der Waals surface area contributed by atoms with Gasteiger partial charge in [-0.3, -0.25) is 0 Å². The zero-order chi connectivity index (χ0) is 13.4. The number of carboxylic acid groups (broad SMARTS) is 1. The third kappa shape index (κ3) is 4.58. The summed E-state index contributed by atoms with van der Waals surface area (Å²) in [5.74, 6) is 0. The Balaban J connectivity index is 0.000000357. The van der Waals surface area contributed by atoms with Crippen molar-refractivity contribution in [3.63, 3.8) is 0 Å². The van der Waals surface area contributed by atoms with E-state index in [1.165, 1.54) is 6.33 Å². The molecule has 1 aromatic carbocycles. The number of rotatable bonds is 2. The Morgan fingerprint density at radius 1 is 1.22 bits per heavy atom. The molecule has 2 aromatic rings. The predicted molar refractivity (Wildman–Crippen MR) is 67.6 cm³/mol. The number of aromatic nitrogens is 2. The van der Waals surface area contributed by atoms with Crippen LogP contribution in [0.15, 0.2) is 43.0 Å². The van der Waals surface area contributed by atoms with Crippen LogP contribution in [0, 0.1) is 0 Å². The maximum absolute atomic E-state index is 8.78. The van der Waals surface area contributed by atoms with E-state index in [0.717, 1.165) is 16.7 Å². The summed E-state index contributed by atoms with van der Waals surface area (Å²) in [6.07, 6.45) is 3.78. The van der Waals surface area contributed by atoms with Crippen molar-refractivity contribution in [3.05, 3.63) is 48.5 Å². The monoisotopic (exact) mass is 246 g/mol. The molecule has 18 heavy (non-hydrogen) atoms. The summed E-state index contributed by atoms with van der Waals surface area (Å²) in [6.45, 7) is 0.557. The highest BCUT2D eigenvalue weighted by Crippen LogP contribution is 2.17. The number of nitrogens with two attached hydrogens (primary N) is 2. The maximum Gasteiger partial charge on any atom is 0.402 e. The number of carbonyl (C=O) groups is 1. The lowest BCUT2D eigenvalue weighted by Crippen LogP contribution is -2.03. The van der Waals surface area contributed by atoms with Gasteiger partial charge >= 0.3 is 6.09 Å². The van der Waals surface area contributed by atoms with Gasteiger partial charge in [-0.05, 0) is 17.2 Å². The SMILES string of the molecule is NC(=O)O.NCc1cccc(-c2cncnc2)c1. The Morgan fingerprint density at radius 2 is 1.83 bits per heavy atom. The van der Waals surface area contributed by atoms with Crippen LogP contribution in [0.5, 0.6) is 0 Å². The van der Waals surface area contributed by atoms with E-state index in [4.69, 9.17) is 15.6 Å². The summed E-state index contributed by atoms with van der Waals surface area (Å²) in [5.41, 5.74) is 12.8. The van der Waals surface area contributed by atoms with Crippen molar-refractivity contribution in [2.24, 2.45) is 11.5 Å². The lowest BCUT2D eigenvalue weighted by molar-refractivity contribution is 0.205. The molecular weight excluding hydrogens is 232 g/mol. The summed E-state index contributed by atoms with van der Waals surface area (Å²) in [4.78, 5) is 16.7. The highest BCUT2D eigenvalue weighted by molar-refractivity contribution is 5.62. The number of hydrogen-bond acceptors (Lipinski definition) is 4. The van der Waals surface area contributed by atoms with Crippen molar-refractivity contribution in [3.8, 4) is 11.1 Å². The van der Waals surface area contributed by atoms with Crippen LogP contribution in [0.2, 0.25) is 0 Å². The molecule has 0 aliphatic heterocycles. The van der Waals surface area contributed by atoms with Crippen LogP contribution in [0.3, 0.4) is 0 Å². The van der Waals surface area contributed by atoms with Gasteiger partial charge in [-0.25, -0.2) is 14.8 Å². The van der Waals surface area contributed by atoms with Gasteiger partial charge in [0.25, 0.3) is 0 Å². The first-order valence-electron chi connectivity index (χ1n) is 5.16. The molecule has 1 heterocycles. The van der Waals surface area contributed by atoms with Gasteiger partial charge in [0.1, 0.15) is 6.33 Å². The van der Waals surface area contributed by atoms with E-state index in [0.29, 0.717) is 6.54 Å². The molecule has 2 rings (SSSR count). The molecule has 0 aliphatic rings. The fourth-order valence-corrected chi connectivity index (χ4v) is 1.33. The highest BCUT2D eigenvalue weighted by Gasteiger charge is 1.97. The third-order valence-corrected chi connectivity index (χ3v) is 2.06. The molecule has 0 bridgehead atoms. The molecule has 1 aromatic heterocycles. The molecule has 6 nitrogen and oxygen atoms in total. The topological polar surface area (TPSA) is 115 Å². The van der Waals surface area contributed by atoms with Crippen molar-refractivity contribution < 1.29 is 9.90 Å². The van der Waals surface area contributed by atoms with Crippen LogP contribution in [0.1, 0.15) is 5.56 Å². The van der Waals surface area contributed by atoms with Crippen molar-refractivity contribution in [1.82, 2.24) is 9.97 Å². The van der Waals surface area contributed by atoms with Crippen molar-refractivity contribution in [1.29, 1.82) is 0 Å². The van der Waals surface area contributed by atoms with Crippen LogP contribution >= 0.6 is 0 Å². The van der Waals surface area contributed by atoms with Crippen LogP contribution in [0.25, 0.3) is 11.1 Å². The Labute approximate surface area is 104 Å². The summed E-state index contributed by atoms with van der Waals surface area (Å²) >= 11 is 0. The zero-order valence-corrected chi connectivity index (χ0v) is 9.65. The van der Waals surface area contributed by atoms with E-state index in [2.05, 4.69) is 21.8 Å². The van der Waals surface area contributed by atoms with E-state index in [9.17, 15) is 0 Å². The van der Waals surface area contributed by atoms with Crippen LogP contribution in [-0.4, -0.2) is 21.2 Å². The van der Waals surface area contributed by atoms with Crippen LogP contribution < -0.4 is 11.5 Å². The second-order valence-corrected chi connectivity index (χ2v) is 3.37. The maximum atomic E-state index is 8.78. The van der Waals surface area contributed by atoms with Crippen molar-refractivity contribution in [2.45, 2.75) is 6.54 Å². The molecule has 0 saturated heterocycles. The molecule has 0 fully saturated rings. The first-order chi connectivity index (χ1) is 8.63. The van der Waals surface area contributed by atoms with Gasteiger partial charge in [-0.15, -0.1) is 0 Å². The summed E-state index contributed by atoms with van der Waals surface area (Å²) in [5, 5.41) is 7.19. The molecule has 0 aliphatic carbocycles. The van der Waals surface area contributed by atoms with Crippen molar-refractivity contribution in [2.75, 3.05) is 0 Å². The first-order valence-corrected chi connectivity index (χ1v) is 5.16. The molecule has 0 saturated carbocycles. The van der Waals surface area contributed by atoms with Gasteiger partial charge in [0, 0.05) is 24.5 Å². The molecule has 0 unspecified atom stereocenters. The van der Waals surface area contributed by atoms with E-state index in [1.807, 2.05) is 18.2 Å². The van der Waals surface area contributed by atoms with Gasteiger partial charge in [0.2, 0.25) is 0 Å². The zero-order valence-electron chi connectivity index (χ0n) is 9.65. The molecular formula is C12H14N4O2. The van der Waals surface area contributed by atoms with E-state index < -0.39 is 6.09 Å². The quantitative estimate of drug-likeness (QED) is 0.737. The lowest BCUT2D eigenvalue weighted by atomic mass is 10.1. The number of nitrogens with zero attached hydrogens (tertiary/aromatic N) is 2. The molecule has 6 heteroatoms. The summed E-state index contributed by atoms with van der Waals surface area (Å²) in [6, 6.07) is 8.08. The Kier molecular flexibility index (Phi) is 5.27. The average molecular weight is 246 g/mol. The number of benzene rings is 1. The number of primary amides is 1. The smallest absolute Gasteiger partial charge is 0.402 e. The fraction of sp³-hybridized carbons (Fsp3) is 0.0833. The van der Waals surface area contributed by atoms with Crippen molar-refractivity contribution >= 4 is 6.09 Å². The number of amides is 1. The highest BCUT2D eigenvalue weighted by atomic mass is 16.4. The Morgan fingerprint density at radius 3 is 2.39 bits per heavy atom. The molecule has 0 atom stereocenters. The van der Waals surface area contributed by atoms with E-state index in [-0.39, 0.29) is 0 Å². The van der Waals surface area contributed by atoms with Gasteiger partial charge < -0.3 is 16.6 Å². The largest absolute Gasteiger partial charge is 0.465 e. The minimum Gasteiger partial charge on any atom is -0.465 e. The first kappa shape index (κ1) is 13.6. The summed E-state index contributed by atoms with van der Waals surface area (Å²) in [7, 11) is 0. The fourth-order valence-electron chi connectivity index (χ4n) is 1.33. The van der Waals surface area contributed by atoms with Gasteiger partial charge in [0.15, 0.2) is 0 Å². The molecule has 0 spiro atoms. The van der Waals surface area contributed by atoms with Gasteiger partial charge in [-0.1, -0.05) is 18.2 Å². The predicted octanol–water partition coefficient (Wildman–Crippen LogP) is 1.23. The Hall–Kier alpha value is -2.47. The second kappa shape index (κ2) is 6.97. The average Bonchev–Trinajstić information content (AvgIpc) is 2.39. The lowest BCUT2D eigenvalue weighted by Gasteiger charge is -2.02. The van der Waals surface area contributed by atoms with Crippen LogP contribution in [0.4, 0.5) is 4.79 Å². The third-order valence-electron chi connectivity index (χ3n) is 2.06. The minimum atomic E-state index is -1.33. The molecule has 0 radical (unpaired) electrons. The van der Waals surface area contributed by atoms with Crippen LogP contribution in [-0.2, 0) is 6.54 Å². The molecule has 5 N–H and O–H groups in total. The van der Waals surface area contributed by atoms with Gasteiger partial charge in [-0.2, -0.15) is 0 Å². The Bertz CT molecular complexity index is 498.